The van der Waals surface area contributed by atoms with Crippen molar-refractivity contribution in [3.8, 4) is 0 Å². The quantitative estimate of drug-likeness (QED) is 0.875. The zero-order chi connectivity index (χ0) is 11.5. The minimum atomic E-state index is -0.180. The molecule has 0 fully saturated rings. The molecule has 0 bridgehead atoms. The lowest BCUT2D eigenvalue weighted by Crippen LogP contribution is -2.09. The van der Waals surface area contributed by atoms with Crippen LogP contribution < -0.4 is 5.32 Å². The summed E-state index contributed by atoms with van der Waals surface area (Å²) in [6, 6.07) is 0. The average molecular weight is 274 g/mol. The fraction of sp³-hybridized carbons (Fsp3) is 0.222. The van der Waals surface area contributed by atoms with Crippen molar-refractivity contribution in [2.75, 3.05) is 5.32 Å². The van der Waals surface area contributed by atoms with E-state index < -0.39 is 0 Å². The number of carbonyl (C=O) groups is 1. The molecule has 0 saturated carbocycles. The SMILES string of the molecule is Cc1ncc(C(=O)Nc2nc(CCl)cs2)s1. The second-order valence-corrected chi connectivity index (χ2v) is 5.34. The molecule has 4 nitrogen and oxygen atoms in total. The molecule has 0 aromatic carbocycles. The number of carbonyl (C=O) groups excluding carboxylic acids is 1. The maximum atomic E-state index is 11.7. The van der Waals surface area contributed by atoms with Crippen LogP contribution in [0.3, 0.4) is 0 Å². The molecule has 0 atom stereocenters. The van der Waals surface area contributed by atoms with Gasteiger partial charge in [0.15, 0.2) is 5.13 Å². The van der Waals surface area contributed by atoms with E-state index in [0.29, 0.717) is 15.9 Å². The monoisotopic (exact) mass is 273 g/mol. The summed E-state index contributed by atoms with van der Waals surface area (Å²) in [6.45, 7) is 1.86. The molecule has 1 amide bonds. The molecular formula is C9H8ClN3OS2. The largest absolute Gasteiger partial charge is 0.297 e. The molecule has 2 aromatic rings. The zero-order valence-corrected chi connectivity index (χ0v) is 10.7. The van der Waals surface area contributed by atoms with E-state index in [2.05, 4.69) is 15.3 Å². The molecule has 0 unspecified atom stereocenters. The van der Waals surface area contributed by atoms with Crippen LogP contribution in [0.4, 0.5) is 5.13 Å². The summed E-state index contributed by atoms with van der Waals surface area (Å²) in [4.78, 5) is 20.5. The van der Waals surface area contributed by atoms with Crippen LogP contribution in [0.1, 0.15) is 20.4 Å². The number of aromatic nitrogens is 2. The van der Waals surface area contributed by atoms with Crippen molar-refractivity contribution in [1.29, 1.82) is 0 Å². The minimum Gasteiger partial charge on any atom is -0.297 e. The first kappa shape index (κ1) is 11.5. The predicted molar refractivity (Wildman–Crippen MR) is 66.5 cm³/mol. The highest BCUT2D eigenvalue weighted by Crippen LogP contribution is 2.19. The number of anilines is 1. The second-order valence-electron chi connectivity index (χ2n) is 2.98. The van der Waals surface area contributed by atoms with Crippen LogP contribution in [-0.4, -0.2) is 15.9 Å². The Balaban J connectivity index is 2.07. The lowest BCUT2D eigenvalue weighted by Gasteiger charge is -1.96. The normalized spacial score (nSPS) is 10.4. The zero-order valence-electron chi connectivity index (χ0n) is 8.36. The highest BCUT2D eigenvalue weighted by molar-refractivity contribution is 7.15. The summed E-state index contributed by atoms with van der Waals surface area (Å²) < 4.78 is 0. The van der Waals surface area contributed by atoms with Crippen molar-refractivity contribution in [3.05, 3.63) is 27.2 Å². The third-order valence-corrected chi connectivity index (χ3v) is 3.75. The Kier molecular flexibility index (Phi) is 3.52. The van der Waals surface area contributed by atoms with Gasteiger partial charge in [-0.15, -0.1) is 34.3 Å². The summed E-state index contributed by atoms with van der Waals surface area (Å²) in [6.07, 6.45) is 1.56. The molecule has 7 heteroatoms. The number of hydrogen-bond donors (Lipinski definition) is 1. The Morgan fingerprint density at radius 2 is 2.44 bits per heavy atom. The summed E-state index contributed by atoms with van der Waals surface area (Å²) in [5.41, 5.74) is 0.766. The van der Waals surface area contributed by atoms with E-state index in [9.17, 15) is 4.79 Å². The van der Waals surface area contributed by atoms with E-state index in [1.807, 2.05) is 12.3 Å². The van der Waals surface area contributed by atoms with Crippen molar-refractivity contribution in [2.24, 2.45) is 0 Å². The Labute approximate surface area is 105 Å². The number of alkyl halides is 1. The number of rotatable bonds is 3. The molecule has 0 aliphatic rings. The highest BCUT2D eigenvalue weighted by atomic mass is 35.5. The van der Waals surface area contributed by atoms with Gasteiger partial charge < -0.3 is 0 Å². The van der Waals surface area contributed by atoms with Gasteiger partial charge in [-0.1, -0.05) is 0 Å². The number of amides is 1. The molecule has 0 saturated heterocycles. The summed E-state index contributed by atoms with van der Waals surface area (Å²) >= 11 is 8.34. The van der Waals surface area contributed by atoms with Gasteiger partial charge in [0.05, 0.1) is 22.8 Å². The summed E-state index contributed by atoms with van der Waals surface area (Å²) in [5.74, 6) is 0.174. The smallest absolute Gasteiger partial charge is 0.269 e. The van der Waals surface area contributed by atoms with Crippen LogP contribution in [-0.2, 0) is 5.88 Å². The molecule has 84 valence electrons. The highest BCUT2D eigenvalue weighted by Gasteiger charge is 2.11. The van der Waals surface area contributed by atoms with Gasteiger partial charge in [0.25, 0.3) is 5.91 Å². The average Bonchev–Trinajstić information content (AvgIpc) is 2.87. The number of nitrogens with one attached hydrogen (secondary N) is 1. The summed E-state index contributed by atoms with van der Waals surface area (Å²) in [7, 11) is 0. The van der Waals surface area contributed by atoms with Gasteiger partial charge in [-0.3, -0.25) is 10.1 Å². The van der Waals surface area contributed by atoms with E-state index in [1.54, 1.807) is 6.20 Å². The number of halogens is 1. The van der Waals surface area contributed by atoms with Crippen molar-refractivity contribution < 1.29 is 4.79 Å². The molecule has 16 heavy (non-hydrogen) atoms. The maximum absolute atomic E-state index is 11.7. The molecule has 2 rings (SSSR count). The van der Waals surface area contributed by atoms with Gasteiger partial charge >= 0.3 is 0 Å². The van der Waals surface area contributed by atoms with Crippen molar-refractivity contribution in [2.45, 2.75) is 12.8 Å². The standard InChI is InChI=1S/C9H8ClN3OS2/c1-5-11-3-7(16-5)8(14)13-9-12-6(2-10)4-15-9/h3-4H,2H2,1H3,(H,12,13,14). The number of nitrogens with zero attached hydrogens (tertiary/aromatic N) is 2. The molecule has 0 spiro atoms. The Bertz CT molecular complexity index is 508. The third-order valence-electron chi connectivity index (χ3n) is 1.75. The van der Waals surface area contributed by atoms with Crippen LogP contribution in [0.2, 0.25) is 0 Å². The third kappa shape index (κ3) is 2.58. The number of thiazole rings is 2. The maximum Gasteiger partial charge on any atom is 0.269 e. The molecule has 2 aromatic heterocycles. The Morgan fingerprint density at radius 1 is 1.62 bits per heavy atom. The first-order chi connectivity index (χ1) is 7.69. The van der Waals surface area contributed by atoms with Crippen LogP contribution in [0, 0.1) is 6.92 Å². The Hall–Kier alpha value is -0.980. The lowest BCUT2D eigenvalue weighted by atomic mass is 10.5. The molecule has 1 N–H and O–H groups in total. The summed E-state index contributed by atoms with van der Waals surface area (Å²) in [5, 5.41) is 5.95. The fourth-order valence-electron chi connectivity index (χ4n) is 1.05. The predicted octanol–water partition coefficient (Wildman–Crippen LogP) is 2.90. The van der Waals surface area contributed by atoms with Gasteiger partial charge in [-0.05, 0) is 6.92 Å². The number of aryl methyl sites for hydroxylation is 1. The topological polar surface area (TPSA) is 54.9 Å². The van der Waals surface area contributed by atoms with Gasteiger partial charge in [0.2, 0.25) is 0 Å². The van der Waals surface area contributed by atoms with Crippen LogP contribution in [0.15, 0.2) is 11.6 Å². The Morgan fingerprint density at radius 3 is 3.00 bits per heavy atom. The molecule has 0 radical (unpaired) electrons. The van der Waals surface area contributed by atoms with Crippen molar-refractivity contribution in [3.63, 3.8) is 0 Å². The molecular weight excluding hydrogens is 266 g/mol. The molecule has 0 aliphatic carbocycles. The van der Waals surface area contributed by atoms with E-state index in [4.69, 9.17) is 11.6 Å². The van der Waals surface area contributed by atoms with Gasteiger partial charge in [0.1, 0.15) is 4.88 Å². The lowest BCUT2D eigenvalue weighted by molar-refractivity contribution is 0.103. The van der Waals surface area contributed by atoms with Gasteiger partial charge in [-0.25, -0.2) is 9.97 Å². The van der Waals surface area contributed by atoms with Crippen LogP contribution >= 0.6 is 34.3 Å². The van der Waals surface area contributed by atoms with Gasteiger partial charge in [-0.2, -0.15) is 0 Å². The van der Waals surface area contributed by atoms with Gasteiger partial charge in [0, 0.05) is 5.38 Å². The van der Waals surface area contributed by atoms with Crippen molar-refractivity contribution in [1.82, 2.24) is 9.97 Å². The van der Waals surface area contributed by atoms with Crippen LogP contribution in [0.5, 0.6) is 0 Å². The molecule has 2 heterocycles. The second kappa shape index (κ2) is 4.90. The number of hydrogen-bond acceptors (Lipinski definition) is 5. The molecule has 0 aliphatic heterocycles. The van der Waals surface area contributed by atoms with Crippen molar-refractivity contribution >= 4 is 45.3 Å². The van der Waals surface area contributed by atoms with Crippen LogP contribution in [0.25, 0.3) is 0 Å². The first-order valence-corrected chi connectivity index (χ1v) is 6.66. The van der Waals surface area contributed by atoms with E-state index in [0.717, 1.165) is 10.7 Å². The first-order valence-electron chi connectivity index (χ1n) is 4.43. The van der Waals surface area contributed by atoms with E-state index in [1.165, 1.54) is 22.7 Å². The minimum absolute atomic E-state index is 0.180. The fourth-order valence-corrected chi connectivity index (χ4v) is 2.66. The van der Waals surface area contributed by atoms with E-state index in [-0.39, 0.29) is 5.91 Å². The van der Waals surface area contributed by atoms with E-state index >= 15 is 0 Å².